The minimum Gasteiger partial charge on any atom is -0.496 e. The molecule has 1 aromatic heterocycles. The van der Waals surface area contributed by atoms with Crippen molar-refractivity contribution in [3.63, 3.8) is 0 Å². The predicted octanol–water partition coefficient (Wildman–Crippen LogP) is 5.26. The van der Waals surface area contributed by atoms with Crippen molar-refractivity contribution in [2.24, 2.45) is 11.8 Å². The Balaban J connectivity index is 1.49. The van der Waals surface area contributed by atoms with Gasteiger partial charge in [0.1, 0.15) is 11.4 Å². The molecule has 0 radical (unpaired) electrons. The minimum atomic E-state index is 0.0919. The molecule has 2 heterocycles. The van der Waals surface area contributed by atoms with Gasteiger partial charge in [-0.3, -0.25) is 9.48 Å². The summed E-state index contributed by atoms with van der Waals surface area (Å²) in [6.07, 6.45) is 8.27. The molecule has 2 aromatic carbocycles. The Bertz CT molecular complexity index is 1080. The molecular weight excluding hydrogens is 398 g/mol. The summed E-state index contributed by atoms with van der Waals surface area (Å²) in [7, 11) is 1.66. The van der Waals surface area contributed by atoms with Gasteiger partial charge < -0.3 is 9.64 Å². The van der Waals surface area contributed by atoms with Gasteiger partial charge in [-0.1, -0.05) is 61.7 Å². The number of rotatable bonds is 5. The summed E-state index contributed by atoms with van der Waals surface area (Å²) >= 11 is 0. The highest BCUT2D eigenvalue weighted by molar-refractivity contribution is 6.00. The number of hydrogen-bond donors (Lipinski definition) is 0. The minimum absolute atomic E-state index is 0.0919. The van der Waals surface area contributed by atoms with Crippen LogP contribution in [0.2, 0.25) is 0 Å². The van der Waals surface area contributed by atoms with Crippen molar-refractivity contribution in [1.29, 1.82) is 0 Å². The topological polar surface area (TPSA) is 47.4 Å². The number of benzene rings is 2. The fourth-order valence-corrected chi connectivity index (χ4v) is 5.42. The van der Waals surface area contributed by atoms with Gasteiger partial charge in [-0.15, -0.1) is 0 Å². The largest absolute Gasteiger partial charge is 0.496 e. The van der Waals surface area contributed by atoms with Gasteiger partial charge in [0.2, 0.25) is 0 Å². The first kappa shape index (κ1) is 20.8. The van der Waals surface area contributed by atoms with Gasteiger partial charge in [0.25, 0.3) is 5.91 Å². The fraction of sp³-hybridized carbons (Fsp3) is 0.407. The van der Waals surface area contributed by atoms with Gasteiger partial charge in [-0.25, -0.2) is 0 Å². The summed E-state index contributed by atoms with van der Waals surface area (Å²) < 4.78 is 7.49. The lowest BCUT2D eigenvalue weighted by atomic mass is 9.75. The van der Waals surface area contributed by atoms with Gasteiger partial charge in [0.05, 0.1) is 19.2 Å². The van der Waals surface area contributed by atoms with Crippen LogP contribution in [0, 0.1) is 11.8 Å². The normalized spacial score (nSPS) is 20.6. The second-order valence-electron chi connectivity index (χ2n) is 9.12. The van der Waals surface area contributed by atoms with Crippen molar-refractivity contribution >= 4 is 5.91 Å². The first-order valence-corrected chi connectivity index (χ1v) is 11.8. The standard InChI is InChI=1S/C27H31N3O2/c1-32-25-14-8-7-13-23(25)26-24(19-30(28-26)17-20-9-3-2-4-10-20)27(31)29-16-15-21-11-5-6-12-22(21)18-29/h2-4,7-10,13-14,19,21-22H,5-6,11-12,15-18H2,1H3/t21-,22-/m1/s1. The van der Waals surface area contributed by atoms with E-state index in [9.17, 15) is 4.79 Å². The zero-order valence-corrected chi connectivity index (χ0v) is 18.7. The SMILES string of the molecule is COc1ccccc1-c1nn(Cc2ccccc2)cc1C(=O)N1CC[C@H]2CCCC[C@@H]2C1. The van der Waals surface area contributed by atoms with Crippen LogP contribution in [0.3, 0.4) is 0 Å². The molecular formula is C27H31N3O2. The van der Waals surface area contributed by atoms with Crippen LogP contribution < -0.4 is 4.74 Å². The summed E-state index contributed by atoms with van der Waals surface area (Å²) in [6.45, 7) is 2.34. The smallest absolute Gasteiger partial charge is 0.257 e. The molecule has 2 atom stereocenters. The van der Waals surface area contributed by atoms with E-state index in [0.717, 1.165) is 42.3 Å². The number of hydrogen-bond acceptors (Lipinski definition) is 3. The van der Waals surface area contributed by atoms with E-state index < -0.39 is 0 Å². The number of carbonyl (C=O) groups excluding carboxylic acids is 1. The monoisotopic (exact) mass is 429 g/mol. The second-order valence-corrected chi connectivity index (χ2v) is 9.12. The first-order chi connectivity index (χ1) is 15.7. The molecule has 1 aliphatic carbocycles. The highest BCUT2D eigenvalue weighted by atomic mass is 16.5. The van der Waals surface area contributed by atoms with Gasteiger partial charge in [-0.05, 0) is 42.4 Å². The lowest BCUT2D eigenvalue weighted by Gasteiger charge is -2.41. The molecule has 0 spiro atoms. The summed E-state index contributed by atoms with van der Waals surface area (Å²) in [5.74, 6) is 2.27. The Morgan fingerprint density at radius 3 is 2.56 bits per heavy atom. The zero-order valence-electron chi connectivity index (χ0n) is 18.7. The van der Waals surface area contributed by atoms with Gasteiger partial charge in [-0.2, -0.15) is 5.10 Å². The summed E-state index contributed by atoms with van der Waals surface area (Å²) in [5, 5.41) is 4.87. The van der Waals surface area contributed by atoms with E-state index in [1.807, 2.05) is 53.3 Å². The number of methoxy groups -OCH3 is 1. The molecule has 0 N–H and O–H groups in total. The third-order valence-electron chi connectivity index (χ3n) is 7.12. The number of fused-ring (bicyclic) bond motifs is 1. The summed E-state index contributed by atoms with van der Waals surface area (Å²) in [6, 6.07) is 18.1. The van der Waals surface area contributed by atoms with Crippen LogP contribution in [-0.4, -0.2) is 40.8 Å². The maximum atomic E-state index is 13.8. The zero-order chi connectivity index (χ0) is 21.9. The molecule has 2 fully saturated rings. The van der Waals surface area contributed by atoms with Crippen LogP contribution in [0.5, 0.6) is 5.75 Å². The molecule has 0 unspecified atom stereocenters. The van der Waals surface area contributed by atoms with Crippen molar-refractivity contribution in [3.05, 3.63) is 71.9 Å². The van der Waals surface area contributed by atoms with Crippen LogP contribution >= 0.6 is 0 Å². The van der Waals surface area contributed by atoms with Crippen molar-refractivity contribution in [2.45, 2.75) is 38.6 Å². The van der Waals surface area contributed by atoms with E-state index in [2.05, 4.69) is 17.0 Å². The second kappa shape index (κ2) is 9.19. The molecule has 1 aliphatic heterocycles. The van der Waals surface area contributed by atoms with Crippen LogP contribution in [0.4, 0.5) is 0 Å². The molecule has 0 bridgehead atoms. The van der Waals surface area contributed by atoms with E-state index >= 15 is 0 Å². The lowest BCUT2D eigenvalue weighted by Crippen LogP contribution is -2.44. The number of likely N-dealkylation sites (tertiary alicyclic amines) is 1. The summed E-state index contributed by atoms with van der Waals surface area (Å²) in [5.41, 5.74) is 3.38. The molecule has 32 heavy (non-hydrogen) atoms. The van der Waals surface area contributed by atoms with Crippen molar-refractivity contribution in [3.8, 4) is 17.0 Å². The number of aromatic nitrogens is 2. The number of para-hydroxylation sites is 1. The molecule has 2 aliphatic rings. The van der Waals surface area contributed by atoms with E-state index in [4.69, 9.17) is 9.84 Å². The van der Waals surface area contributed by atoms with E-state index in [-0.39, 0.29) is 5.91 Å². The number of carbonyl (C=O) groups is 1. The molecule has 3 aromatic rings. The Morgan fingerprint density at radius 1 is 1.00 bits per heavy atom. The Labute approximate surface area is 190 Å². The quantitative estimate of drug-likeness (QED) is 0.556. The average molecular weight is 430 g/mol. The highest BCUT2D eigenvalue weighted by Crippen LogP contribution is 2.37. The predicted molar refractivity (Wildman–Crippen MR) is 126 cm³/mol. The summed E-state index contributed by atoms with van der Waals surface area (Å²) in [4.78, 5) is 15.8. The van der Waals surface area contributed by atoms with Crippen LogP contribution in [0.1, 0.15) is 48.0 Å². The van der Waals surface area contributed by atoms with Crippen LogP contribution in [0.25, 0.3) is 11.3 Å². The van der Waals surface area contributed by atoms with E-state index in [0.29, 0.717) is 23.7 Å². The molecule has 1 saturated heterocycles. The Morgan fingerprint density at radius 2 is 1.75 bits per heavy atom. The number of piperidine rings is 1. The Kier molecular flexibility index (Phi) is 5.97. The third kappa shape index (κ3) is 4.16. The van der Waals surface area contributed by atoms with E-state index in [1.165, 1.54) is 25.7 Å². The van der Waals surface area contributed by atoms with Gasteiger partial charge in [0.15, 0.2) is 0 Å². The van der Waals surface area contributed by atoms with Gasteiger partial charge in [0, 0.05) is 24.8 Å². The van der Waals surface area contributed by atoms with Crippen molar-refractivity contribution in [2.75, 3.05) is 20.2 Å². The highest BCUT2D eigenvalue weighted by Gasteiger charge is 2.34. The number of nitrogens with zero attached hydrogens (tertiary/aromatic N) is 3. The maximum Gasteiger partial charge on any atom is 0.257 e. The maximum absolute atomic E-state index is 13.8. The molecule has 1 saturated carbocycles. The van der Waals surface area contributed by atoms with Crippen LogP contribution in [0.15, 0.2) is 60.8 Å². The molecule has 1 amide bonds. The number of amides is 1. The third-order valence-corrected chi connectivity index (χ3v) is 7.12. The van der Waals surface area contributed by atoms with Crippen molar-refractivity contribution in [1.82, 2.24) is 14.7 Å². The number of ether oxygens (including phenoxy) is 1. The van der Waals surface area contributed by atoms with Crippen LogP contribution in [-0.2, 0) is 6.54 Å². The van der Waals surface area contributed by atoms with Crippen molar-refractivity contribution < 1.29 is 9.53 Å². The lowest BCUT2D eigenvalue weighted by molar-refractivity contribution is 0.0521. The first-order valence-electron chi connectivity index (χ1n) is 11.8. The average Bonchev–Trinajstić information content (AvgIpc) is 3.27. The van der Waals surface area contributed by atoms with E-state index in [1.54, 1.807) is 7.11 Å². The Hall–Kier alpha value is -3.08. The van der Waals surface area contributed by atoms with Gasteiger partial charge >= 0.3 is 0 Å². The molecule has 5 nitrogen and oxygen atoms in total. The molecule has 5 rings (SSSR count). The molecule has 166 valence electrons. The molecule has 5 heteroatoms. The fourth-order valence-electron chi connectivity index (χ4n) is 5.42.